The van der Waals surface area contributed by atoms with Crippen LogP contribution in [0.5, 0.6) is 0 Å². The molecule has 10 unspecified atom stereocenters. The molecule has 4 heterocycles. The van der Waals surface area contributed by atoms with Crippen molar-refractivity contribution in [2.24, 2.45) is 5.73 Å². The fraction of sp³-hybridized carbons (Fsp3) is 0.438. The molecule has 3 aromatic rings. The van der Waals surface area contributed by atoms with Gasteiger partial charge in [-0.05, 0) is 23.3 Å². The Hall–Kier alpha value is -2.31. The van der Waals surface area contributed by atoms with Crippen molar-refractivity contribution in [1.82, 2.24) is 0 Å². The molecule has 2 bridgehead atoms. The van der Waals surface area contributed by atoms with Gasteiger partial charge in [0.2, 0.25) is 8.38 Å². The van der Waals surface area contributed by atoms with Gasteiger partial charge in [0.05, 0.1) is 32.5 Å². The molecule has 4 aliphatic rings. The molecular formula is C32H36NO9P. The summed E-state index contributed by atoms with van der Waals surface area (Å²) in [5, 5.41) is 12.0. The van der Waals surface area contributed by atoms with E-state index in [0.717, 1.165) is 16.4 Å². The standard InChI is InChI=1S/C32H36NO9P/c33-25-26(34)27(23-18-37-31(25)39-23)41-32-30(36-17-21-12-6-2-7-13-21)29(35-16-20-10-4-1-5-11-20)28-24(40-32)19-38-43(42-28)22-14-8-3-9-15-22/h1-15,23-32,34H,16-19,33H2/t23?,24-,25?,26?,27?,28?,29?,30?,31?,32?,43?/m0/s1. The third-order valence-electron chi connectivity index (χ3n) is 8.14. The van der Waals surface area contributed by atoms with Crippen molar-refractivity contribution in [1.29, 1.82) is 0 Å². The molecule has 3 aromatic carbocycles. The van der Waals surface area contributed by atoms with E-state index in [1.807, 2.05) is 91.0 Å². The molecule has 0 amide bonds. The van der Waals surface area contributed by atoms with Crippen LogP contribution in [0.1, 0.15) is 11.1 Å². The maximum absolute atomic E-state index is 11.1. The van der Waals surface area contributed by atoms with Crippen molar-refractivity contribution in [2.45, 2.75) is 74.6 Å². The zero-order chi connectivity index (χ0) is 29.2. The molecule has 11 heteroatoms. The van der Waals surface area contributed by atoms with Gasteiger partial charge in [-0.25, -0.2) is 0 Å². The Morgan fingerprint density at radius 3 is 2.05 bits per heavy atom. The van der Waals surface area contributed by atoms with E-state index < -0.39 is 69.7 Å². The molecular weight excluding hydrogens is 573 g/mol. The van der Waals surface area contributed by atoms with Gasteiger partial charge in [-0.3, -0.25) is 0 Å². The van der Waals surface area contributed by atoms with Crippen LogP contribution in [-0.4, -0.2) is 79.7 Å². The summed E-state index contributed by atoms with van der Waals surface area (Å²) in [4.78, 5) is 0. The van der Waals surface area contributed by atoms with E-state index in [9.17, 15) is 5.11 Å². The highest BCUT2D eigenvalue weighted by Gasteiger charge is 2.56. The van der Waals surface area contributed by atoms with E-state index in [-0.39, 0.29) is 13.2 Å². The summed E-state index contributed by atoms with van der Waals surface area (Å²) in [5.41, 5.74) is 8.22. The van der Waals surface area contributed by atoms with Crippen LogP contribution in [0.4, 0.5) is 0 Å². The fourth-order valence-corrected chi connectivity index (χ4v) is 7.36. The highest BCUT2D eigenvalue weighted by Crippen LogP contribution is 2.48. The summed E-state index contributed by atoms with van der Waals surface area (Å²) < 4.78 is 50.6. The second-order valence-corrected chi connectivity index (χ2v) is 12.6. The van der Waals surface area contributed by atoms with Gasteiger partial charge in [-0.1, -0.05) is 78.9 Å². The predicted molar refractivity (Wildman–Crippen MR) is 156 cm³/mol. The maximum atomic E-state index is 11.1. The van der Waals surface area contributed by atoms with Gasteiger partial charge in [0, 0.05) is 5.30 Å². The summed E-state index contributed by atoms with van der Waals surface area (Å²) in [7, 11) is -1.37. The molecule has 0 saturated carbocycles. The van der Waals surface area contributed by atoms with Crippen molar-refractivity contribution >= 4 is 13.7 Å². The Labute approximate surface area is 251 Å². The minimum Gasteiger partial charge on any atom is -0.388 e. The third kappa shape index (κ3) is 6.42. The number of benzene rings is 3. The number of nitrogens with two attached hydrogens (primary N) is 1. The molecule has 4 saturated heterocycles. The Kier molecular flexibility index (Phi) is 9.13. The quantitative estimate of drug-likeness (QED) is 0.351. The highest BCUT2D eigenvalue weighted by molar-refractivity contribution is 7.56. The summed E-state index contributed by atoms with van der Waals surface area (Å²) >= 11 is 0. The van der Waals surface area contributed by atoms with Crippen LogP contribution in [0.25, 0.3) is 0 Å². The van der Waals surface area contributed by atoms with E-state index in [4.69, 9.17) is 43.2 Å². The van der Waals surface area contributed by atoms with Crippen LogP contribution >= 0.6 is 8.38 Å². The minimum atomic E-state index is -1.37. The van der Waals surface area contributed by atoms with Crippen molar-refractivity contribution in [3.8, 4) is 0 Å². The lowest BCUT2D eigenvalue weighted by Crippen LogP contribution is -2.65. The molecule has 7 rings (SSSR count). The van der Waals surface area contributed by atoms with E-state index in [0.29, 0.717) is 13.2 Å². The number of aliphatic hydroxyl groups is 1. The molecule has 228 valence electrons. The van der Waals surface area contributed by atoms with Crippen LogP contribution in [-0.2, 0) is 50.7 Å². The average molecular weight is 610 g/mol. The van der Waals surface area contributed by atoms with Gasteiger partial charge in [0.1, 0.15) is 42.7 Å². The topological polar surface area (TPSA) is 120 Å². The number of ether oxygens (including phenoxy) is 6. The Balaban J connectivity index is 1.19. The van der Waals surface area contributed by atoms with Gasteiger partial charge >= 0.3 is 0 Å². The summed E-state index contributed by atoms with van der Waals surface area (Å²) in [6, 6.07) is 29.0. The molecule has 10 nitrogen and oxygen atoms in total. The van der Waals surface area contributed by atoms with Gasteiger partial charge in [-0.2, -0.15) is 0 Å². The van der Waals surface area contributed by atoms with Crippen LogP contribution in [0.15, 0.2) is 91.0 Å². The molecule has 11 atom stereocenters. The first kappa shape index (κ1) is 29.4. The van der Waals surface area contributed by atoms with E-state index in [1.54, 1.807) is 0 Å². The molecule has 0 spiro atoms. The third-order valence-corrected chi connectivity index (χ3v) is 9.68. The average Bonchev–Trinajstić information content (AvgIpc) is 3.52. The van der Waals surface area contributed by atoms with Crippen LogP contribution < -0.4 is 11.0 Å². The molecule has 0 aliphatic carbocycles. The number of fused-ring (bicyclic) bond motifs is 3. The molecule has 4 fully saturated rings. The lowest BCUT2D eigenvalue weighted by molar-refractivity contribution is -0.344. The van der Waals surface area contributed by atoms with Crippen molar-refractivity contribution < 1.29 is 42.6 Å². The van der Waals surface area contributed by atoms with Crippen LogP contribution in [0.3, 0.4) is 0 Å². The van der Waals surface area contributed by atoms with Crippen molar-refractivity contribution in [3.63, 3.8) is 0 Å². The van der Waals surface area contributed by atoms with Gasteiger partial charge < -0.3 is 48.3 Å². The van der Waals surface area contributed by atoms with E-state index >= 15 is 0 Å². The summed E-state index contributed by atoms with van der Waals surface area (Å²) in [5.74, 6) is 0. The summed E-state index contributed by atoms with van der Waals surface area (Å²) in [6.45, 7) is 1.16. The molecule has 4 aliphatic heterocycles. The number of hydrogen-bond acceptors (Lipinski definition) is 10. The largest absolute Gasteiger partial charge is 0.388 e. The fourth-order valence-electron chi connectivity index (χ4n) is 5.85. The zero-order valence-electron chi connectivity index (χ0n) is 23.5. The Morgan fingerprint density at radius 2 is 1.37 bits per heavy atom. The molecule has 3 N–H and O–H groups in total. The number of hydrogen-bond donors (Lipinski definition) is 2. The second kappa shape index (κ2) is 13.4. The zero-order valence-corrected chi connectivity index (χ0v) is 24.4. The first-order chi connectivity index (χ1) is 21.1. The van der Waals surface area contributed by atoms with Crippen molar-refractivity contribution in [3.05, 3.63) is 102 Å². The van der Waals surface area contributed by atoms with Gasteiger partial charge in [0.25, 0.3) is 0 Å². The second-order valence-electron chi connectivity index (χ2n) is 11.1. The number of aliphatic hydroxyl groups excluding tert-OH is 1. The monoisotopic (exact) mass is 609 g/mol. The maximum Gasteiger partial charge on any atom is 0.205 e. The lowest BCUT2D eigenvalue weighted by atomic mass is 9.96. The first-order valence-corrected chi connectivity index (χ1v) is 15.8. The van der Waals surface area contributed by atoms with Gasteiger partial charge in [-0.15, -0.1) is 0 Å². The molecule has 0 radical (unpaired) electrons. The van der Waals surface area contributed by atoms with E-state index in [1.165, 1.54) is 0 Å². The van der Waals surface area contributed by atoms with Crippen molar-refractivity contribution in [2.75, 3.05) is 13.2 Å². The predicted octanol–water partition coefficient (Wildman–Crippen LogP) is 2.76. The smallest absolute Gasteiger partial charge is 0.205 e. The normalized spacial score (nSPS) is 37.1. The highest BCUT2D eigenvalue weighted by atomic mass is 31.2. The first-order valence-electron chi connectivity index (χ1n) is 14.6. The summed E-state index contributed by atoms with van der Waals surface area (Å²) in [6.07, 6.45) is -6.23. The number of rotatable bonds is 9. The Morgan fingerprint density at radius 1 is 0.744 bits per heavy atom. The molecule has 0 aromatic heterocycles. The molecule has 43 heavy (non-hydrogen) atoms. The van der Waals surface area contributed by atoms with E-state index in [2.05, 4.69) is 0 Å². The minimum absolute atomic E-state index is 0.260. The van der Waals surface area contributed by atoms with Crippen LogP contribution in [0.2, 0.25) is 0 Å². The van der Waals surface area contributed by atoms with Gasteiger partial charge in [0.15, 0.2) is 12.6 Å². The Bertz CT molecular complexity index is 1310. The van der Waals surface area contributed by atoms with Crippen LogP contribution in [0, 0.1) is 0 Å². The SMILES string of the molecule is NC1C2OCC(O2)C(OC2O[C@H]3COP(c4ccccc4)OC3C(OCc3ccccc3)C2OCc2ccccc2)C1O. The lowest BCUT2D eigenvalue weighted by Gasteiger charge is -2.50.